The smallest absolute Gasteiger partial charge is 0.344 e. The molecule has 6 heteroatoms. The number of fused-ring (bicyclic) bond motifs is 1. The standard InChI is InChI=1S/C24H23ClO5/c1-14-6-5-8-16(10-14)29-24(27)19-12-20(25)17(13-22(19)28-2)18-11-15-7-3-4-9-21(15)30-23(18)26/h3-4,7,9,11-14,16H,5-6,8,10H2,1-2H3/t14-,16+/m0/s1. The summed E-state index contributed by atoms with van der Waals surface area (Å²) in [5.41, 5.74) is 0.976. The number of benzene rings is 2. The van der Waals surface area contributed by atoms with Crippen LogP contribution in [0.5, 0.6) is 5.75 Å². The van der Waals surface area contributed by atoms with E-state index in [9.17, 15) is 9.59 Å². The number of rotatable bonds is 4. The molecule has 4 rings (SSSR count). The number of hydrogen-bond donors (Lipinski definition) is 0. The highest BCUT2D eigenvalue weighted by atomic mass is 35.5. The molecule has 0 unspecified atom stereocenters. The summed E-state index contributed by atoms with van der Waals surface area (Å²) in [7, 11) is 1.47. The Labute approximate surface area is 179 Å². The van der Waals surface area contributed by atoms with Crippen molar-refractivity contribution in [2.45, 2.75) is 38.7 Å². The molecule has 0 spiro atoms. The Morgan fingerprint density at radius 2 is 1.93 bits per heavy atom. The molecule has 0 radical (unpaired) electrons. The molecule has 5 nitrogen and oxygen atoms in total. The second-order valence-electron chi connectivity index (χ2n) is 7.82. The fourth-order valence-electron chi connectivity index (χ4n) is 4.04. The highest BCUT2D eigenvalue weighted by molar-refractivity contribution is 6.33. The Morgan fingerprint density at radius 3 is 2.70 bits per heavy atom. The monoisotopic (exact) mass is 426 g/mol. The van der Waals surface area contributed by atoms with Crippen molar-refractivity contribution in [1.29, 1.82) is 0 Å². The number of methoxy groups -OCH3 is 1. The second kappa shape index (κ2) is 8.52. The lowest BCUT2D eigenvalue weighted by Gasteiger charge is -2.26. The average Bonchev–Trinajstić information content (AvgIpc) is 2.73. The molecule has 156 valence electrons. The zero-order chi connectivity index (χ0) is 21.3. The molecule has 1 aromatic heterocycles. The Bertz CT molecular complexity index is 1150. The average molecular weight is 427 g/mol. The van der Waals surface area contributed by atoms with Crippen LogP contribution in [0.25, 0.3) is 22.1 Å². The summed E-state index contributed by atoms with van der Waals surface area (Å²) in [4.78, 5) is 25.3. The van der Waals surface area contributed by atoms with Crippen LogP contribution in [0.2, 0.25) is 5.02 Å². The van der Waals surface area contributed by atoms with Crippen molar-refractivity contribution in [2.75, 3.05) is 7.11 Å². The number of carbonyl (C=O) groups is 1. The topological polar surface area (TPSA) is 65.7 Å². The molecule has 0 bridgehead atoms. The first-order valence-corrected chi connectivity index (χ1v) is 10.5. The van der Waals surface area contributed by atoms with Gasteiger partial charge < -0.3 is 13.9 Å². The molecular weight excluding hydrogens is 404 g/mol. The minimum atomic E-state index is -0.510. The number of para-hydroxylation sites is 1. The molecule has 0 saturated heterocycles. The van der Waals surface area contributed by atoms with E-state index >= 15 is 0 Å². The van der Waals surface area contributed by atoms with Crippen LogP contribution in [0, 0.1) is 5.92 Å². The van der Waals surface area contributed by atoms with E-state index in [2.05, 4.69) is 6.92 Å². The van der Waals surface area contributed by atoms with Gasteiger partial charge in [-0.05, 0) is 49.4 Å². The normalized spacial score (nSPS) is 18.9. The lowest BCUT2D eigenvalue weighted by atomic mass is 9.89. The van der Waals surface area contributed by atoms with E-state index in [0.29, 0.717) is 28.4 Å². The van der Waals surface area contributed by atoms with Gasteiger partial charge in [0.1, 0.15) is 23.0 Å². The minimum absolute atomic E-state index is 0.100. The Morgan fingerprint density at radius 1 is 1.13 bits per heavy atom. The van der Waals surface area contributed by atoms with Crippen LogP contribution in [0.15, 0.2) is 51.7 Å². The van der Waals surface area contributed by atoms with Crippen LogP contribution in [-0.2, 0) is 4.74 Å². The molecule has 1 aliphatic rings. The Balaban J connectivity index is 1.70. The van der Waals surface area contributed by atoms with Crippen molar-refractivity contribution < 1.29 is 18.7 Å². The fraction of sp³-hybridized carbons (Fsp3) is 0.333. The summed E-state index contributed by atoms with van der Waals surface area (Å²) in [6, 6.07) is 12.1. The van der Waals surface area contributed by atoms with Crippen LogP contribution < -0.4 is 10.4 Å². The number of carbonyl (C=O) groups excluding carboxylic acids is 1. The van der Waals surface area contributed by atoms with Gasteiger partial charge >= 0.3 is 11.6 Å². The van der Waals surface area contributed by atoms with Gasteiger partial charge in [-0.1, -0.05) is 43.1 Å². The molecule has 1 saturated carbocycles. The van der Waals surface area contributed by atoms with E-state index in [1.165, 1.54) is 13.2 Å². The van der Waals surface area contributed by atoms with Gasteiger partial charge in [-0.15, -0.1) is 0 Å². The maximum atomic E-state index is 12.8. The molecular formula is C24H23ClO5. The molecule has 1 heterocycles. The zero-order valence-electron chi connectivity index (χ0n) is 16.9. The molecule has 3 aromatic rings. The molecule has 0 amide bonds. The van der Waals surface area contributed by atoms with E-state index in [1.807, 2.05) is 12.1 Å². The predicted molar refractivity (Wildman–Crippen MR) is 116 cm³/mol. The minimum Gasteiger partial charge on any atom is -0.496 e. The quantitative estimate of drug-likeness (QED) is 0.386. The van der Waals surface area contributed by atoms with E-state index in [-0.39, 0.29) is 16.7 Å². The van der Waals surface area contributed by atoms with Gasteiger partial charge in [-0.3, -0.25) is 0 Å². The first-order chi connectivity index (χ1) is 14.5. The van der Waals surface area contributed by atoms with Gasteiger partial charge in [-0.25, -0.2) is 9.59 Å². The van der Waals surface area contributed by atoms with E-state index in [4.69, 9.17) is 25.5 Å². The molecule has 2 aromatic carbocycles. The van der Waals surface area contributed by atoms with Gasteiger partial charge in [0.2, 0.25) is 0 Å². The molecule has 1 fully saturated rings. The van der Waals surface area contributed by atoms with Crippen LogP contribution in [0.1, 0.15) is 43.0 Å². The van der Waals surface area contributed by atoms with Crippen molar-refractivity contribution in [3.8, 4) is 16.9 Å². The molecule has 30 heavy (non-hydrogen) atoms. The number of halogens is 1. The Hall–Kier alpha value is -2.79. The van der Waals surface area contributed by atoms with Gasteiger partial charge in [-0.2, -0.15) is 0 Å². The van der Waals surface area contributed by atoms with Crippen LogP contribution >= 0.6 is 11.6 Å². The number of ether oxygens (including phenoxy) is 2. The van der Waals surface area contributed by atoms with Crippen molar-refractivity contribution in [1.82, 2.24) is 0 Å². The summed E-state index contributed by atoms with van der Waals surface area (Å²) in [6.45, 7) is 2.17. The molecule has 0 aliphatic heterocycles. The maximum absolute atomic E-state index is 12.8. The Kier molecular flexibility index (Phi) is 5.82. The third-order valence-electron chi connectivity index (χ3n) is 5.60. The highest BCUT2D eigenvalue weighted by Gasteiger charge is 2.25. The van der Waals surface area contributed by atoms with Crippen LogP contribution in [0.4, 0.5) is 0 Å². The van der Waals surface area contributed by atoms with Crippen molar-refractivity contribution in [2.24, 2.45) is 5.92 Å². The summed E-state index contributed by atoms with van der Waals surface area (Å²) in [5.74, 6) is 0.373. The van der Waals surface area contributed by atoms with Crippen molar-refractivity contribution in [3.05, 3.63) is 63.5 Å². The second-order valence-corrected chi connectivity index (χ2v) is 8.22. The van der Waals surface area contributed by atoms with E-state index in [0.717, 1.165) is 31.1 Å². The lowest BCUT2D eigenvalue weighted by Crippen LogP contribution is -2.24. The van der Waals surface area contributed by atoms with Crippen LogP contribution in [-0.4, -0.2) is 19.2 Å². The number of hydrogen-bond acceptors (Lipinski definition) is 5. The first kappa shape index (κ1) is 20.5. The largest absolute Gasteiger partial charge is 0.496 e. The summed E-state index contributed by atoms with van der Waals surface area (Å²) >= 11 is 6.48. The van der Waals surface area contributed by atoms with Crippen molar-refractivity contribution >= 4 is 28.5 Å². The summed E-state index contributed by atoms with van der Waals surface area (Å²) in [6.07, 6.45) is 3.83. The van der Waals surface area contributed by atoms with Gasteiger partial charge in [0.05, 0.1) is 12.7 Å². The SMILES string of the molecule is COc1cc(-c2cc3ccccc3oc2=O)c(Cl)cc1C(=O)O[C@@H]1CCC[C@H](C)C1. The zero-order valence-corrected chi connectivity index (χ0v) is 17.7. The van der Waals surface area contributed by atoms with Gasteiger partial charge in [0.25, 0.3) is 0 Å². The third-order valence-corrected chi connectivity index (χ3v) is 5.92. The molecule has 2 atom stereocenters. The van der Waals surface area contributed by atoms with Crippen molar-refractivity contribution in [3.63, 3.8) is 0 Å². The fourth-order valence-corrected chi connectivity index (χ4v) is 4.30. The highest BCUT2D eigenvalue weighted by Crippen LogP contribution is 2.35. The maximum Gasteiger partial charge on any atom is 0.344 e. The third kappa shape index (κ3) is 4.08. The molecule has 0 N–H and O–H groups in total. The molecule has 1 aliphatic carbocycles. The van der Waals surface area contributed by atoms with Gasteiger partial charge in [0, 0.05) is 16.0 Å². The first-order valence-electron chi connectivity index (χ1n) is 10.1. The van der Waals surface area contributed by atoms with E-state index < -0.39 is 11.6 Å². The van der Waals surface area contributed by atoms with E-state index in [1.54, 1.807) is 24.3 Å². The van der Waals surface area contributed by atoms with Crippen LogP contribution in [0.3, 0.4) is 0 Å². The predicted octanol–water partition coefficient (Wildman–Crippen LogP) is 5.86. The van der Waals surface area contributed by atoms with Gasteiger partial charge in [0.15, 0.2) is 0 Å². The summed E-state index contributed by atoms with van der Waals surface area (Å²) in [5, 5.41) is 1.03. The lowest BCUT2D eigenvalue weighted by molar-refractivity contribution is 0.0152. The summed E-state index contributed by atoms with van der Waals surface area (Å²) < 4.78 is 16.6. The number of esters is 1.